The predicted molar refractivity (Wildman–Crippen MR) is 75.0 cm³/mol. The van der Waals surface area contributed by atoms with Gasteiger partial charge >= 0.3 is 0 Å². The van der Waals surface area contributed by atoms with Gasteiger partial charge in [0.1, 0.15) is 0 Å². The fourth-order valence-electron chi connectivity index (χ4n) is 2.81. The zero-order valence-corrected chi connectivity index (χ0v) is 12.7. The van der Waals surface area contributed by atoms with Crippen molar-refractivity contribution in [2.24, 2.45) is 0 Å². The van der Waals surface area contributed by atoms with Gasteiger partial charge in [0.25, 0.3) is 0 Å². The van der Waals surface area contributed by atoms with Crippen LogP contribution in [0, 0.1) is 0 Å². The monoisotopic (exact) mass is 241 g/mol. The van der Waals surface area contributed by atoms with E-state index in [0.717, 1.165) is 19.3 Å². The molecule has 3 nitrogen and oxygen atoms in total. The summed E-state index contributed by atoms with van der Waals surface area (Å²) >= 11 is 0. The van der Waals surface area contributed by atoms with Crippen LogP contribution in [-0.4, -0.2) is 22.7 Å². The molecule has 0 spiro atoms. The normalized spacial score (nSPS) is 24.9. The molecule has 1 aliphatic heterocycles. The van der Waals surface area contributed by atoms with E-state index in [2.05, 4.69) is 64.6 Å². The molecule has 1 heterocycles. The molecule has 1 saturated heterocycles. The summed E-state index contributed by atoms with van der Waals surface area (Å²) < 4.78 is 0. The van der Waals surface area contributed by atoms with Crippen LogP contribution in [0.2, 0.25) is 0 Å². The molecule has 0 amide bonds. The lowest BCUT2D eigenvalue weighted by molar-refractivity contribution is 0.127. The minimum atomic E-state index is 0.166. The second-order valence-corrected chi connectivity index (χ2v) is 7.50. The minimum Gasteiger partial charge on any atom is -0.307 e. The number of nitrogens with one attached hydrogen (secondary N) is 3. The Morgan fingerprint density at radius 1 is 1.12 bits per heavy atom. The quantitative estimate of drug-likeness (QED) is 0.662. The molecule has 0 aromatic rings. The van der Waals surface area contributed by atoms with Crippen molar-refractivity contribution in [2.45, 2.75) is 90.4 Å². The highest BCUT2D eigenvalue weighted by molar-refractivity contribution is 4.99. The Hall–Kier alpha value is -0.120. The van der Waals surface area contributed by atoms with Gasteiger partial charge in [0, 0.05) is 22.7 Å². The largest absolute Gasteiger partial charge is 0.307 e. The number of hydrogen-bond donors (Lipinski definition) is 3. The Morgan fingerprint density at radius 3 is 2.00 bits per heavy atom. The van der Waals surface area contributed by atoms with E-state index in [4.69, 9.17) is 0 Å². The minimum absolute atomic E-state index is 0.166. The molecule has 3 heteroatoms. The summed E-state index contributed by atoms with van der Waals surface area (Å²) in [6, 6.07) is 0.534. The first-order valence-corrected chi connectivity index (χ1v) is 6.87. The summed E-state index contributed by atoms with van der Waals surface area (Å²) in [6.45, 7) is 15.8. The van der Waals surface area contributed by atoms with Crippen LogP contribution >= 0.6 is 0 Å². The second kappa shape index (κ2) is 4.87. The number of hydrazine groups is 1. The van der Waals surface area contributed by atoms with Crippen molar-refractivity contribution in [3.8, 4) is 0 Å². The average Bonchev–Trinajstić information content (AvgIpc) is 2.10. The Balaban J connectivity index is 2.54. The van der Waals surface area contributed by atoms with Crippen LogP contribution in [0.1, 0.15) is 67.7 Å². The molecule has 0 aromatic heterocycles. The van der Waals surface area contributed by atoms with E-state index in [-0.39, 0.29) is 16.6 Å². The third-order valence-corrected chi connectivity index (χ3v) is 3.69. The lowest BCUT2D eigenvalue weighted by atomic mass is 9.80. The standard InChI is InChI=1S/C14H31N3/c1-8-12(2,3)17-15-11-9-13(4,5)16-14(6,7)10-11/h11,15-17H,8-10H2,1-7H3. The van der Waals surface area contributed by atoms with E-state index in [0.29, 0.717) is 6.04 Å². The second-order valence-electron chi connectivity index (χ2n) is 7.50. The van der Waals surface area contributed by atoms with Gasteiger partial charge in [-0.25, -0.2) is 0 Å². The third kappa shape index (κ3) is 4.94. The Morgan fingerprint density at radius 2 is 1.59 bits per heavy atom. The first-order valence-electron chi connectivity index (χ1n) is 6.87. The number of piperidine rings is 1. The van der Waals surface area contributed by atoms with Crippen molar-refractivity contribution in [2.75, 3.05) is 0 Å². The maximum absolute atomic E-state index is 3.71. The van der Waals surface area contributed by atoms with Gasteiger partial charge in [0.15, 0.2) is 0 Å². The van der Waals surface area contributed by atoms with Gasteiger partial charge in [0.05, 0.1) is 0 Å². The maximum atomic E-state index is 3.71. The summed E-state index contributed by atoms with van der Waals surface area (Å²) in [7, 11) is 0. The predicted octanol–water partition coefficient (Wildman–Crippen LogP) is 2.58. The zero-order chi connectivity index (χ0) is 13.3. The van der Waals surface area contributed by atoms with Crippen LogP contribution in [-0.2, 0) is 0 Å². The van der Waals surface area contributed by atoms with Gasteiger partial charge < -0.3 is 5.32 Å². The van der Waals surface area contributed by atoms with Gasteiger partial charge in [0.2, 0.25) is 0 Å². The molecular weight excluding hydrogens is 210 g/mol. The molecule has 0 atom stereocenters. The van der Waals surface area contributed by atoms with Gasteiger partial charge in [-0.05, 0) is 60.8 Å². The maximum Gasteiger partial charge on any atom is 0.0265 e. The van der Waals surface area contributed by atoms with Crippen LogP contribution in [0.4, 0.5) is 0 Å². The van der Waals surface area contributed by atoms with Crippen molar-refractivity contribution in [1.82, 2.24) is 16.2 Å². The van der Waals surface area contributed by atoms with Crippen molar-refractivity contribution in [1.29, 1.82) is 0 Å². The van der Waals surface area contributed by atoms with Gasteiger partial charge in [-0.2, -0.15) is 0 Å². The van der Waals surface area contributed by atoms with E-state index < -0.39 is 0 Å². The van der Waals surface area contributed by atoms with E-state index in [1.807, 2.05) is 0 Å². The molecule has 0 bridgehead atoms. The van der Waals surface area contributed by atoms with Gasteiger partial charge in [-0.3, -0.25) is 10.9 Å². The SMILES string of the molecule is CCC(C)(C)NNC1CC(C)(C)NC(C)(C)C1. The zero-order valence-electron chi connectivity index (χ0n) is 12.7. The molecule has 0 aromatic carbocycles. The fourth-order valence-corrected chi connectivity index (χ4v) is 2.81. The molecule has 1 rings (SSSR count). The molecule has 1 aliphatic rings. The van der Waals surface area contributed by atoms with Crippen LogP contribution < -0.4 is 16.2 Å². The van der Waals surface area contributed by atoms with Crippen molar-refractivity contribution in [3.05, 3.63) is 0 Å². The lowest BCUT2D eigenvalue weighted by Gasteiger charge is -2.47. The number of rotatable bonds is 4. The Bertz CT molecular complexity index is 240. The summed E-state index contributed by atoms with van der Waals surface area (Å²) in [5, 5.41) is 3.71. The van der Waals surface area contributed by atoms with E-state index in [1.165, 1.54) is 0 Å². The van der Waals surface area contributed by atoms with Crippen LogP contribution in [0.3, 0.4) is 0 Å². The van der Waals surface area contributed by atoms with Gasteiger partial charge in [-0.1, -0.05) is 6.92 Å². The van der Waals surface area contributed by atoms with Crippen molar-refractivity contribution >= 4 is 0 Å². The van der Waals surface area contributed by atoms with Crippen LogP contribution in [0.25, 0.3) is 0 Å². The van der Waals surface area contributed by atoms with Crippen molar-refractivity contribution < 1.29 is 0 Å². The van der Waals surface area contributed by atoms with Gasteiger partial charge in [-0.15, -0.1) is 0 Å². The topological polar surface area (TPSA) is 36.1 Å². The summed E-state index contributed by atoms with van der Waals surface area (Å²) in [4.78, 5) is 0. The molecule has 0 aliphatic carbocycles. The average molecular weight is 241 g/mol. The fraction of sp³-hybridized carbons (Fsp3) is 1.00. The van der Waals surface area contributed by atoms with E-state index >= 15 is 0 Å². The molecule has 1 fully saturated rings. The molecule has 3 N–H and O–H groups in total. The van der Waals surface area contributed by atoms with Crippen LogP contribution in [0.5, 0.6) is 0 Å². The smallest absolute Gasteiger partial charge is 0.0265 e. The molecule has 0 saturated carbocycles. The lowest BCUT2D eigenvalue weighted by Crippen LogP contribution is -2.64. The third-order valence-electron chi connectivity index (χ3n) is 3.69. The Kier molecular flexibility index (Phi) is 4.28. The Labute approximate surface area is 107 Å². The summed E-state index contributed by atoms with van der Waals surface area (Å²) in [6.07, 6.45) is 3.43. The van der Waals surface area contributed by atoms with E-state index in [9.17, 15) is 0 Å². The van der Waals surface area contributed by atoms with Crippen LogP contribution in [0.15, 0.2) is 0 Å². The molecule has 0 unspecified atom stereocenters. The molecule has 102 valence electrons. The highest BCUT2D eigenvalue weighted by Crippen LogP contribution is 2.28. The van der Waals surface area contributed by atoms with E-state index in [1.54, 1.807) is 0 Å². The summed E-state index contributed by atoms with van der Waals surface area (Å²) in [5.41, 5.74) is 7.59. The molecule has 0 radical (unpaired) electrons. The highest BCUT2D eigenvalue weighted by Gasteiger charge is 2.37. The first kappa shape index (κ1) is 14.9. The molecule has 17 heavy (non-hydrogen) atoms. The number of hydrogen-bond acceptors (Lipinski definition) is 3. The highest BCUT2D eigenvalue weighted by atomic mass is 15.4. The summed E-state index contributed by atoms with van der Waals surface area (Å²) in [5.74, 6) is 0. The van der Waals surface area contributed by atoms with Crippen molar-refractivity contribution in [3.63, 3.8) is 0 Å². The molecular formula is C14H31N3. The first-order chi connectivity index (χ1) is 7.55.